The summed E-state index contributed by atoms with van der Waals surface area (Å²) in [5.74, 6) is 2.45. The third-order valence-electron chi connectivity index (χ3n) is 5.24. The van der Waals surface area contributed by atoms with Gasteiger partial charge in [-0.25, -0.2) is 4.68 Å². The highest BCUT2D eigenvalue weighted by Crippen LogP contribution is 2.33. The molecule has 1 atom stereocenters. The number of furan rings is 1. The molecule has 1 aliphatic rings. The average Bonchev–Trinajstić information content (AvgIpc) is 3.44. The predicted octanol–water partition coefficient (Wildman–Crippen LogP) is 4.89. The average molecular weight is 399 g/mol. The van der Waals surface area contributed by atoms with Crippen LogP contribution in [-0.4, -0.2) is 32.4 Å². The molecule has 1 aromatic carbocycles. The van der Waals surface area contributed by atoms with E-state index in [1.807, 2.05) is 28.3 Å². The molecule has 0 spiro atoms. The number of hydrogen-bond acceptors (Lipinski definition) is 5. The Bertz CT molecular complexity index is 959. The fourth-order valence-corrected chi connectivity index (χ4v) is 4.22. The molecule has 0 aliphatic carbocycles. The number of ether oxygens (including phenoxy) is 1. The first kappa shape index (κ1) is 19.0. The summed E-state index contributed by atoms with van der Waals surface area (Å²) in [6, 6.07) is 12.6. The van der Waals surface area contributed by atoms with E-state index in [1.165, 1.54) is 12.0 Å². The number of nitrogens with zero attached hydrogens (tertiary/aromatic N) is 4. The fourth-order valence-electron chi connectivity index (χ4n) is 3.90. The first-order valence-electron chi connectivity index (χ1n) is 9.89. The van der Waals surface area contributed by atoms with Crippen LogP contribution in [0.25, 0.3) is 11.6 Å². The smallest absolute Gasteiger partial charge is 0.199 e. The molecule has 0 radical (unpaired) electrons. The van der Waals surface area contributed by atoms with Gasteiger partial charge in [0, 0.05) is 19.1 Å². The Balaban J connectivity index is 1.57. The Morgan fingerprint density at radius 1 is 1.21 bits per heavy atom. The molecule has 4 rings (SSSR count). The van der Waals surface area contributed by atoms with Gasteiger partial charge in [-0.15, -0.1) is 5.10 Å². The minimum absolute atomic E-state index is 0.372. The Labute approximate surface area is 170 Å². The van der Waals surface area contributed by atoms with Crippen LogP contribution in [0.2, 0.25) is 0 Å². The van der Waals surface area contributed by atoms with Gasteiger partial charge in [-0.05, 0) is 68.7 Å². The number of benzene rings is 1. The van der Waals surface area contributed by atoms with Crippen molar-refractivity contribution in [2.45, 2.75) is 45.9 Å². The number of aromatic nitrogens is 3. The Kier molecular flexibility index (Phi) is 5.64. The van der Waals surface area contributed by atoms with Crippen molar-refractivity contribution in [1.29, 1.82) is 0 Å². The van der Waals surface area contributed by atoms with Crippen LogP contribution in [0, 0.1) is 4.77 Å². The fraction of sp³-hybridized carbons (Fsp3) is 0.429. The van der Waals surface area contributed by atoms with E-state index in [0.29, 0.717) is 19.3 Å². The molecule has 0 saturated carbocycles. The van der Waals surface area contributed by atoms with Crippen molar-refractivity contribution < 1.29 is 9.15 Å². The molecular weight excluding hydrogens is 372 g/mol. The molecule has 0 bridgehead atoms. The third kappa shape index (κ3) is 3.64. The van der Waals surface area contributed by atoms with E-state index in [9.17, 15) is 0 Å². The summed E-state index contributed by atoms with van der Waals surface area (Å²) in [5, 5.41) is 4.77. The Hall–Kier alpha value is -2.38. The van der Waals surface area contributed by atoms with Gasteiger partial charge >= 0.3 is 0 Å². The summed E-state index contributed by atoms with van der Waals surface area (Å²) in [7, 11) is 0. The highest BCUT2D eigenvalue weighted by molar-refractivity contribution is 7.71. The van der Waals surface area contributed by atoms with Gasteiger partial charge in [-0.3, -0.25) is 9.47 Å². The molecule has 3 aromatic rings. The van der Waals surface area contributed by atoms with Crippen molar-refractivity contribution in [3.63, 3.8) is 0 Å². The first-order valence-corrected chi connectivity index (χ1v) is 10.3. The monoisotopic (exact) mass is 398 g/mol. The molecule has 0 unspecified atom stereocenters. The van der Waals surface area contributed by atoms with Gasteiger partial charge in [-0.1, -0.05) is 12.1 Å². The molecule has 7 heteroatoms. The summed E-state index contributed by atoms with van der Waals surface area (Å²) in [6.07, 6.45) is 3.98. The minimum atomic E-state index is 0.372. The molecule has 0 amide bonds. The second kappa shape index (κ2) is 8.32. The molecular formula is C21H26N4O2S. The van der Waals surface area contributed by atoms with Crippen LogP contribution >= 0.6 is 12.2 Å². The summed E-state index contributed by atoms with van der Waals surface area (Å²) in [5.41, 5.74) is 1.31. The van der Waals surface area contributed by atoms with Crippen LogP contribution < -0.4 is 4.74 Å². The van der Waals surface area contributed by atoms with E-state index in [2.05, 4.69) is 36.1 Å². The van der Waals surface area contributed by atoms with Gasteiger partial charge in [0.15, 0.2) is 16.4 Å². The van der Waals surface area contributed by atoms with Gasteiger partial charge in [-0.2, -0.15) is 0 Å². The standard InChI is InChI=1S/C21H26N4O2S/c1-3-24-20(19-8-6-14-27-19)22-25(21(24)28)15-23-13-5-7-18(23)16-9-11-17(12-10-16)26-4-2/h6,8-12,14,18H,3-5,7,13,15H2,1-2H3/t18-/m1/s1. The zero-order valence-corrected chi connectivity index (χ0v) is 17.2. The van der Waals surface area contributed by atoms with E-state index in [4.69, 9.17) is 26.5 Å². The van der Waals surface area contributed by atoms with Gasteiger partial charge in [0.2, 0.25) is 0 Å². The lowest BCUT2D eigenvalue weighted by atomic mass is 10.0. The highest BCUT2D eigenvalue weighted by atomic mass is 32.1. The van der Waals surface area contributed by atoms with Gasteiger partial charge < -0.3 is 9.15 Å². The normalized spacial score (nSPS) is 17.3. The second-order valence-corrected chi connectivity index (χ2v) is 7.31. The Morgan fingerprint density at radius 2 is 2.04 bits per heavy atom. The first-order chi connectivity index (χ1) is 13.7. The van der Waals surface area contributed by atoms with Crippen LogP contribution in [0.15, 0.2) is 47.1 Å². The van der Waals surface area contributed by atoms with E-state index in [-0.39, 0.29) is 0 Å². The predicted molar refractivity (Wildman–Crippen MR) is 111 cm³/mol. The maximum absolute atomic E-state index is 5.70. The van der Waals surface area contributed by atoms with Gasteiger partial charge in [0.05, 0.1) is 19.5 Å². The molecule has 28 heavy (non-hydrogen) atoms. The topological polar surface area (TPSA) is 48.4 Å². The zero-order valence-electron chi connectivity index (χ0n) is 16.4. The third-order valence-corrected chi connectivity index (χ3v) is 5.67. The highest BCUT2D eigenvalue weighted by Gasteiger charge is 2.27. The summed E-state index contributed by atoms with van der Waals surface area (Å²) >= 11 is 5.70. The molecule has 3 heterocycles. The SMILES string of the molecule is CCOc1ccc([C@H]2CCCN2Cn2nc(-c3ccco3)n(CC)c2=S)cc1. The number of hydrogen-bond donors (Lipinski definition) is 0. The van der Waals surface area contributed by atoms with Crippen LogP contribution in [0.1, 0.15) is 38.3 Å². The zero-order chi connectivity index (χ0) is 19.5. The van der Waals surface area contributed by atoms with Gasteiger partial charge in [0.1, 0.15) is 5.75 Å². The van der Waals surface area contributed by atoms with Crippen LogP contribution in [0.5, 0.6) is 5.75 Å². The van der Waals surface area contributed by atoms with Gasteiger partial charge in [0.25, 0.3) is 0 Å². The van der Waals surface area contributed by atoms with Crippen molar-refractivity contribution >= 4 is 12.2 Å². The van der Waals surface area contributed by atoms with Crippen molar-refractivity contribution in [1.82, 2.24) is 19.2 Å². The molecule has 1 saturated heterocycles. The van der Waals surface area contributed by atoms with Crippen LogP contribution in [0.4, 0.5) is 0 Å². The number of likely N-dealkylation sites (tertiary alicyclic amines) is 1. The van der Waals surface area contributed by atoms with Crippen molar-refractivity contribution in [2.75, 3.05) is 13.2 Å². The second-order valence-electron chi connectivity index (χ2n) is 6.94. The maximum atomic E-state index is 5.70. The molecule has 148 valence electrons. The maximum Gasteiger partial charge on any atom is 0.199 e. The Morgan fingerprint density at radius 3 is 2.71 bits per heavy atom. The minimum Gasteiger partial charge on any atom is -0.494 e. The lowest BCUT2D eigenvalue weighted by Gasteiger charge is -2.24. The molecule has 2 aromatic heterocycles. The van der Waals surface area contributed by atoms with E-state index in [1.54, 1.807) is 6.26 Å². The summed E-state index contributed by atoms with van der Waals surface area (Å²) in [6.45, 7) is 7.24. The summed E-state index contributed by atoms with van der Waals surface area (Å²) in [4.78, 5) is 2.45. The van der Waals surface area contributed by atoms with E-state index in [0.717, 1.165) is 41.6 Å². The number of rotatable bonds is 7. The van der Waals surface area contributed by atoms with Crippen LogP contribution in [-0.2, 0) is 13.2 Å². The largest absolute Gasteiger partial charge is 0.494 e. The molecule has 1 fully saturated rings. The molecule has 6 nitrogen and oxygen atoms in total. The summed E-state index contributed by atoms with van der Waals surface area (Å²) < 4.78 is 15.8. The van der Waals surface area contributed by atoms with Crippen molar-refractivity contribution in [3.8, 4) is 17.3 Å². The molecule has 1 aliphatic heterocycles. The van der Waals surface area contributed by atoms with Crippen molar-refractivity contribution in [2.24, 2.45) is 0 Å². The van der Waals surface area contributed by atoms with Crippen LogP contribution in [0.3, 0.4) is 0 Å². The van der Waals surface area contributed by atoms with E-state index >= 15 is 0 Å². The molecule has 0 N–H and O–H groups in total. The van der Waals surface area contributed by atoms with E-state index < -0.39 is 0 Å². The quantitative estimate of drug-likeness (QED) is 0.531. The lowest BCUT2D eigenvalue weighted by Crippen LogP contribution is -2.27. The lowest BCUT2D eigenvalue weighted by molar-refractivity contribution is 0.189. The van der Waals surface area contributed by atoms with Crippen molar-refractivity contribution in [3.05, 3.63) is 53.0 Å².